The first-order valence-corrected chi connectivity index (χ1v) is 19.4. The summed E-state index contributed by atoms with van der Waals surface area (Å²) in [4.78, 5) is 53.8. The number of aromatic amines is 1. The van der Waals surface area contributed by atoms with Gasteiger partial charge in [0.2, 0.25) is 11.8 Å². The number of carbonyl (C=O) groups is 2. The molecule has 2 unspecified atom stereocenters. The number of nitrogens with zero attached hydrogens (tertiary/aromatic N) is 5. The van der Waals surface area contributed by atoms with Crippen LogP contribution in [-0.4, -0.2) is 95.5 Å². The van der Waals surface area contributed by atoms with Crippen molar-refractivity contribution in [2.24, 2.45) is 17.6 Å². The van der Waals surface area contributed by atoms with Gasteiger partial charge in [-0.2, -0.15) is 5.48 Å². The molecule has 55 heavy (non-hydrogen) atoms. The zero-order valence-corrected chi connectivity index (χ0v) is 32.8. The Labute approximate surface area is 321 Å². The van der Waals surface area contributed by atoms with Crippen molar-refractivity contribution in [2.75, 3.05) is 44.6 Å². The summed E-state index contributed by atoms with van der Waals surface area (Å²) in [6, 6.07) is 11.3. The van der Waals surface area contributed by atoms with Crippen LogP contribution >= 0.6 is 0 Å². The standard InChI is InChI=1S/C40H54N10O5/c1-21(2)29(48-54-7)20-23(10-8-18-41)36-43-26-15-14-25-24(33(26)45-36)12-13-28(42-25)38-44-27-16-17-30-34(35(27)55-38)46-37(49(30)5)31-11-9-19-50(31)39(51)32(22(3)4)47-40(52)53-6/h12-17,21-23,29,31-32,37,46,48H,8-11,18-20,41H2,1-7H3,(H,43,45)(H,47,52)/t23?,29-,31+,32+,37?/m1/s1. The van der Waals surface area contributed by atoms with Crippen molar-refractivity contribution in [1.82, 2.24) is 35.6 Å². The molecule has 0 bridgehead atoms. The predicted octanol–water partition coefficient (Wildman–Crippen LogP) is 5.87. The van der Waals surface area contributed by atoms with Crippen molar-refractivity contribution in [3.63, 3.8) is 0 Å². The fourth-order valence-corrected chi connectivity index (χ4v) is 8.21. The number of alkyl carbamates (subject to hydrolysis) is 1. The number of oxazole rings is 1. The van der Waals surface area contributed by atoms with E-state index < -0.39 is 12.1 Å². The summed E-state index contributed by atoms with van der Waals surface area (Å²) in [5, 5.41) is 7.38. The number of nitrogens with one attached hydrogen (secondary N) is 4. The molecule has 5 heterocycles. The Morgan fingerprint density at radius 2 is 1.80 bits per heavy atom. The topological polar surface area (TPSA) is 189 Å². The molecule has 6 N–H and O–H groups in total. The van der Waals surface area contributed by atoms with E-state index in [1.165, 1.54) is 7.11 Å². The maximum Gasteiger partial charge on any atom is 0.407 e. The van der Waals surface area contributed by atoms with Gasteiger partial charge in [-0.1, -0.05) is 27.7 Å². The average Bonchev–Trinajstić information content (AvgIpc) is 3.99. The molecule has 7 rings (SSSR count). The maximum absolute atomic E-state index is 13.8. The highest BCUT2D eigenvalue weighted by Crippen LogP contribution is 2.43. The molecule has 5 atom stereocenters. The van der Waals surface area contributed by atoms with Gasteiger partial charge in [-0.05, 0) is 86.9 Å². The summed E-state index contributed by atoms with van der Waals surface area (Å²) in [6.45, 7) is 9.45. The Bertz CT molecular complexity index is 2160. The fraction of sp³-hybridized carbons (Fsp3) is 0.525. The van der Waals surface area contributed by atoms with E-state index in [4.69, 9.17) is 34.7 Å². The van der Waals surface area contributed by atoms with Crippen LogP contribution in [0.15, 0.2) is 40.8 Å². The lowest BCUT2D eigenvalue weighted by atomic mass is 9.89. The monoisotopic (exact) mass is 754 g/mol. The number of H-pyrrole nitrogens is 1. The normalized spacial score (nSPS) is 18.7. The number of methoxy groups -OCH3 is 1. The number of anilines is 2. The molecule has 0 aliphatic carbocycles. The summed E-state index contributed by atoms with van der Waals surface area (Å²) in [5.41, 5.74) is 15.5. The van der Waals surface area contributed by atoms with Crippen LogP contribution in [0, 0.1) is 11.8 Å². The number of fused-ring (bicyclic) bond motifs is 6. The van der Waals surface area contributed by atoms with E-state index in [-0.39, 0.29) is 36.0 Å². The Morgan fingerprint density at radius 1 is 1.02 bits per heavy atom. The number of amides is 2. The van der Waals surface area contributed by atoms with Crippen LogP contribution in [0.2, 0.25) is 0 Å². The van der Waals surface area contributed by atoms with Gasteiger partial charge in [-0.15, -0.1) is 0 Å². The van der Waals surface area contributed by atoms with E-state index in [2.05, 4.69) is 39.8 Å². The molecule has 15 heteroatoms. The number of ether oxygens (including phenoxy) is 1. The summed E-state index contributed by atoms with van der Waals surface area (Å²) in [5.74, 6) is 1.70. The smallest absolute Gasteiger partial charge is 0.407 e. The number of hydroxylamine groups is 1. The van der Waals surface area contributed by atoms with Gasteiger partial charge in [-0.25, -0.2) is 19.7 Å². The molecule has 0 saturated carbocycles. The van der Waals surface area contributed by atoms with E-state index >= 15 is 0 Å². The quantitative estimate of drug-likeness (QED) is 0.0850. The van der Waals surface area contributed by atoms with Gasteiger partial charge in [0, 0.05) is 30.9 Å². The van der Waals surface area contributed by atoms with Crippen LogP contribution in [0.3, 0.4) is 0 Å². The van der Waals surface area contributed by atoms with E-state index in [1.807, 2.05) is 62.2 Å². The third-order valence-corrected chi connectivity index (χ3v) is 11.3. The van der Waals surface area contributed by atoms with Crippen molar-refractivity contribution in [3.8, 4) is 11.6 Å². The first-order valence-electron chi connectivity index (χ1n) is 19.4. The summed E-state index contributed by atoms with van der Waals surface area (Å²) in [7, 11) is 4.98. The van der Waals surface area contributed by atoms with Crippen LogP contribution < -0.4 is 26.7 Å². The van der Waals surface area contributed by atoms with Crippen LogP contribution in [0.4, 0.5) is 16.2 Å². The Balaban J connectivity index is 1.15. The fourth-order valence-electron chi connectivity index (χ4n) is 8.21. The lowest BCUT2D eigenvalue weighted by molar-refractivity contribution is -0.135. The minimum absolute atomic E-state index is 0.108. The molecule has 2 aromatic carbocycles. The van der Waals surface area contributed by atoms with E-state index in [0.717, 1.165) is 71.2 Å². The third-order valence-electron chi connectivity index (χ3n) is 11.3. The van der Waals surface area contributed by atoms with Gasteiger partial charge in [0.1, 0.15) is 34.9 Å². The molecule has 5 aromatic rings. The van der Waals surface area contributed by atoms with E-state index in [9.17, 15) is 9.59 Å². The van der Waals surface area contributed by atoms with Gasteiger partial charge in [0.25, 0.3) is 0 Å². The maximum atomic E-state index is 13.8. The minimum Gasteiger partial charge on any atom is -0.453 e. The third kappa shape index (κ3) is 7.40. The molecular weight excluding hydrogens is 701 g/mol. The van der Waals surface area contributed by atoms with Crippen molar-refractivity contribution in [2.45, 2.75) is 90.0 Å². The van der Waals surface area contributed by atoms with E-state index in [0.29, 0.717) is 41.7 Å². The number of imidazole rings is 1. The van der Waals surface area contributed by atoms with Crippen LogP contribution in [0.25, 0.3) is 44.6 Å². The molecule has 3 aromatic heterocycles. The second-order valence-electron chi connectivity index (χ2n) is 15.5. The molecule has 2 aliphatic rings. The molecule has 15 nitrogen and oxygen atoms in total. The number of nitrogens with two attached hydrogens (primary N) is 1. The number of carbonyl (C=O) groups excluding carboxylic acids is 2. The SMILES string of the molecule is CON[C@H](CC(CCCN)c1nc2ccc3nc(-c4nc5ccc6c(c5o4)NC([C@@H]4CCCN4C(=O)[C@@H](NC(=O)OC)C(C)C)N6C)ccc3c2[nH]1)C(C)C. The number of pyridine rings is 1. The van der Waals surface area contributed by atoms with Gasteiger partial charge in [0.15, 0.2) is 5.58 Å². The first-order chi connectivity index (χ1) is 26.5. The largest absolute Gasteiger partial charge is 0.453 e. The molecule has 294 valence electrons. The zero-order valence-electron chi connectivity index (χ0n) is 32.8. The average molecular weight is 755 g/mol. The van der Waals surface area contributed by atoms with Gasteiger partial charge in [-0.3, -0.25) is 4.79 Å². The molecule has 0 radical (unpaired) electrons. The summed E-state index contributed by atoms with van der Waals surface area (Å²) < 4.78 is 11.3. The molecule has 1 saturated heterocycles. The lowest BCUT2D eigenvalue weighted by Gasteiger charge is -2.36. The Morgan fingerprint density at radius 3 is 2.53 bits per heavy atom. The number of rotatable bonds is 14. The van der Waals surface area contributed by atoms with Crippen molar-refractivity contribution in [3.05, 3.63) is 42.2 Å². The highest BCUT2D eigenvalue weighted by atomic mass is 16.6. The second-order valence-corrected chi connectivity index (χ2v) is 15.5. The number of likely N-dealkylation sites (tertiary alicyclic amines) is 1. The molecule has 2 amide bonds. The van der Waals surface area contributed by atoms with Crippen molar-refractivity contribution < 1.29 is 23.6 Å². The molecule has 1 fully saturated rings. The van der Waals surface area contributed by atoms with E-state index in [1.54, 1.807) is 7.11 Å². The number of benzene rings is 2. The summed E-state index contributed by atoms with van der Waals surface area (Å²) >= 11 is 0. The molecule has 2 aliphatic heterocycles. The lowest BCUT2D eigenvalue weighted by Crippen LogP contribution is -2.57. The number of aromatic nitrogens is 4. The number of hydrogen-bond acceptors (Lipinski definition) is 12. The van der Waals surface area contributed by atoms with Gasteiger partial charge in [0.05, 0.1) is 42.5 Å². The molecule has 0 spiro atoms. The van der Waals surface area contributed by atoms with Crippen LogP contribution in [0.5, 0.6) is 0 Å². The highest BCUT2D eigenvalue weighted by molar-refractivity contribution is 6.03. The number of likely N-dealkylation sites (N-methyl/N-ethyl adjacent to an activating group) is 1. The second kappa shape index (κ2) is 16.0. The summed E-state index contributed by atoms with van der Waals surface area (Å²) in [6.07, 6.45) is 3.55. The van der Waals surface area contributed by atoms with Crippen LogP contribution in [0.1, 0.15) is 71.5 Å². The Hall–Kier alpha value is -4.99. The zero-order chi connectivity index (χ0) is 39.0. The minimum atomic E-state index is -0.689. The van der Waals surface area contributed by atoms with Gasteiger partial charge >= 0.3 is 6.09 Å². The van der Waals surface area contributed by atoms with Crippen LogP contribution in [-0.2, 0) is 14.4 Å². The number of hydrogen-bond donors (Lipinski definition) is 5. The van der Waals surface area contributed by atoms with Crippen molar-refractivity contribution in [1.29, 1.82) is 0 Å². The highest BCUT2D eigenvalue weighted by Gasteiger charge is 2.43. The Kier molecular flexibility index (Phi) is 11.1. The van der Waals surface area contributed by atoms with Gasteiger partial charge < -0.3 is 45.1 Å². The van der Waals surface area contributed by atoms with Crippen molar-refractivity contribution >= 4 is 56.4 Å². The first kappa shape index (κ1) is 38.3. The predicted molar refractivity (Wildman–Crippen MR) is 214 cm³/mol. The molecular formula is C40H54N10O5.